The van der Waals surface area contributed by atoms with Crippen molar-refractivity contribution in [1.82, 2.24) is 0 Å². The summed E-state index contributed by atoms with van der Waals surface area (Å²) >= 11 is 0. The van der Waals surface area contributed by atoms with E-state index in [9.17, 15) is 4.79 Å². The topological polar surface area (TPSA) is 49.3 Å². The summed E-state index contributed by atoms with van der Waals surface area (Å²) in [6, 6.07) is 6.39. The van der Waals surface area contributed by atoms with E-state index < -0.39 is 5.97 Å². The first-order valence-corrected chi connectivity index (χ1v) is 6.25. The molecule has 0 aromatic heterocycles. The number of anilines is 1. The van der Waals surface area contributed by atoms with Gasteiger partial charge in [-0.05, 0) is 48.9 Å². The highest BCUT2D eigenvalue weighted by Crippen LogP contribution is 2.24. The summed E-state index contributed by atoms with van der Waals surface area (Å²) < 4.78 is 0. The average Bonchev–Trinajstić information content (AvgIpc) is 2.35. The van der Waals surface area contributed by atoms with Crippen molar-refractivity contribution in [2.24, 2.45) is 5.92 Å². The van der Waals surface area contributed by atoms with Crippen molar-refractivity contribution in [2.75, 3.05) is 11.9 Å². The van der Waals surface area contributed by atoms with Crippen molar-refractivity contribution in [3.05, 3.63) is 29.3 Å². The number of fused-ring (bicyclic) bond motifs is 1. The van der Waals surface area contributed by atoms with Crippen LogP contribution < -0.4 is 5.32 Å². The van der Waals surface area contributed by atoms with Crippen molar-refractivity contribution >= 4 is 11.7 Å². The molecule has 0 saturated heterocycles. The number of carboxylic acids is 1. The molecule has 1 atom stereocenters. The SMILES string of the molecule is CC(CNc1ccc2c(c1)CCCC2)C(=O)O. The average molecular weight is 233 g/mol. The molecule has 3 nitrogen and oxygen atoms in total. The predicted octanol–water partition coefficient (Wildman–Crippen LogP) is 2.70. The summed E-state index contributed by atoms with van der Waals surface area (Å²) in [5.41, 5.74) is 3.91. The van der Waals surface area contributed by atoms with E-state index in [1.54, 1.807) is 6.92 Å². The highest BCUT2D eigenvalue weighted by Gasteiger charge is 2.12. The van der Waals surface area contributed by atoms with Gasteiger partial charge in [0.05, 0.1) is 5.92 Å². The number of hydrogen-bond acceptors (Lipinski definition) is 2. The smallest absolute Gasteiger partial charge is 0.308 e. The quantitative estimate of drug-likeness (QED) is 0.840. The fraction of sp³-hybridized carbons (Fsp3) is 0.500. The zero-order chi connectivity index (χ0) is 12.3. The van der Waals surface area contributed by atoms with Crippen molar-refractivity contribution in [1.29, 1.82) is 0 Å². The number of rotatable bonds is 4. The minimum absolute atomic E-state index is 0.356. The summed E-state index contributed by atoms with van der Waals surface area (Å²) in [7, 11) is 0. The van der Waals surface area contributed by atoms with Gasteiger partial charge in [0.1, 0.15) is 0 Å². The maximum atomic E-state index is 10.7. The van der Waals surface area contributed by atoms with E-state index in [1.807, 2.05) is 0 Å². The largest absolute Gasteiger partial charge is 0.481 e. The highest BCUT2D eigenvalue weighted by molar-refractivity contribution is 5.70. The number of nitrogens with one attached hydrogen (secondary N) is 1. The Kier molecular flexibility index (Phi) is 3.67. The lowest BCUT2D eigenvalue weighted by Gasteiger charge is -2.17. The predicted molar refractivity (Wildman–Crippen MR) is 68.4 cm³/mol. The molecule has 1 aliphatic carbocycles. The Morgan fingerprint density at radius 1 is 1.35 bits per heavy atom. The Hall–Kier alpha value is -1.51. The van der Waals surface area contributed by atoms with E-state index >= 15 is 0 Å². The minimum atomic E-state index is -0.754. The van der Waals surface area contributed by atoms with Gasteiger partial charge in [0.25, 0.3) is 0 Å². The first-order chi connectivity index (χ1) is 8.16. The molecule has 1 aliphatic rings. The Balaban J connectivity index is 2.00. The van der Waals surface area contributed by atoms with E-state index in [0.717, 1.165) is 12.1 Å². The fourth-order valence-corrected chi connectivity index (χ4v) is 2.20. The molecule has 0 fully saturated rings. The lowest BCUT2D eigenvalue weighted by molar-refractivity contribution is -0.140. The van der Waals surface area contributed by atoms with Gasteiger partial charge in [0, 0.05) is 12.2 Å². The molecule has 0 amide bonds. The number of benzene rings is 1. The molecule has 2 N–H and O–H groups in total. The van der Waals surface area contributed by atoms with Crippen LogP contribution in [0.1, 0.15) is 30.9 Å². The van der Waals surface area contributed by atoms with E-state index in [0.29, 0.717) is 6.54 Å². The lowest BCUT2D eigenvalue weighted by atomic mass is 9.91. The molecule has 1 unspecified atom stereocenters. The van der Waals surface area contributed by atoms with Crippen LogP contribution in [-0.4, -0.2) is 17.6 Å². The van der Waals surface area contributed by atoms with Crippen molar-refractivity contribution in [3.63, 3.8) is 0 Å². The van der Waals surface area contributed by atoms with Gasteiger partial charge in [-0.25, -0.2) is 0 Å². The van der Waals surface area contributed by atoms with Crippen LogP contribution in [0.3, 0.4) is 0 Å². The van der Waals surface area contributed by atoms with Crippen LogP contribution in [0.25, 0.3) is 0 Å². The second-order valence-corrected chi connectivity index (χ2v) is 4.81. The third-order valence-corrected chi connectivity index (χ3v) is 3.38. The third kappa shape index (κ3) is 2.99. The number of hydrogen-bond donors (Lipinski definition) is 2. The Labute approximate surface area is 102 Å². The Morgan fingerprint density at radius 3 is 2.76 bits per heavy atom. The molecule has 2 rings (SSSR count). The number of carboxylic acid groups (broad SMARTS) is 1. The fourth-order valence-electron chi connectivity index (χ4n) is 2.20. The highest BCUT2D eigenvalue weighted by atomic mass is 16.4. The van der Waals surface area contributed by atoms with Crippen LogP contribution in [0, 0.1) is 5.92 Å². The van der Waals surface area contributed by atoms with Crippen LogP contribution in [0.5, 0.6) is 0 Å². The zero-order valence-electron chi connectivity index (χ0n) is 10.2. The minimum Gasteiger partial charge on any atom is -0.481 e. The molecular weight excluding hydrogens is 214 g/mol. The molecule has 0 bridgehead atoms. The molecule has 0 radical (unpaired) electrons. The molecule has 3 heteroatoms. The molecule has 0 heterocycles. The summed E-state index contributed by atoms with van der Waals surface area (Å²) in [6.07, 6.45) is 4.89. The standard InChI is InChI=1S/C14H19NO2/c1-10(14(16)17)9-15-13-7-6-11-4-2-3-5-12(11)8-13/h6-8,10,15H,2-5,9H2,1H3,(H,16,17). The van der Waals surface area contributed by atoms with Crippen molar-refractivity contribution in [2.45, 2.75) is 32.6 Å². The number of carbonyl (C=O) groups is 1. The van der Waals surface area contributed by atoms with Crippen LogP contribution in [0.15, 0.2) is 18.2 Å². The summed E-state index contributed by atoms with van der Waals surface area (Å²) in [5, 5.41) is 12.0. The van der Waals surface area contributed by atoms with Gasteiger partial charge >= 0.3 is 5.97 Å². The molecule has 1 aromatic carbocycles. The second-order valence-electron chi connectivity index (χ2n) is 4.81. The normalized spacial score (nSPS) is 16.1. The lowest BCUT2D eigenvalue weighted by Crippen LogP contribution is -2.19. The van der Waals surface area contributed by atoms with Gasteiger partial charge < -0.3 is 10.4 Å². The maximum Gasteiger partial charge on any atom is 0.308 e. The van der Waals surface area contributed by atoms with Crippen LogP contribution in [-0.2, 0) is 17.6 Å². The molecule has 1 aromatic rings. The van der Waals surface area contributed by atoms with Gasteiger partial charge in [-0.2, -0.15) is 0 Å². The van der Waals surface area contributed by atoms with E-state index in [2.05, 4.69) is 23.5 Å². The molecule has 0 aliphatic heterocycles. The first kappa shape index (κ1) is 12.0. The monoisotopic (exact) mass is 233 g/mol. The van der Waals surface area contributed by atoms with Crippen LogP contribution in [0.2, 0.25) is 0 Å². The maximum absolute atomic E-state index is 10.7. The van der Waals surface area contributed by atoms with Gasteiger partial charge in [0.15, 0.2) is 0 Å². The van der Waals surface area contributed by atoms with Gasteiger partial charge in [-0.15, -0.1) is 0 Å². The number of aryl methyl sites for hydroxylation is 2. The van der Waals surface area contributed by atoms with Gasteiger partial charge in [0.2, 0.25) is 0 Å². The van der Waals surface area contributed by atoms with Gasteiger partial charge in [-0.1, -0.05) is 13.0 Å². The van der Waals surface area contributed by atoms with Gasteiger partial charge in [-0.3, -0.25) is 4.79 Å². The number of aliphatic carboxylic acids is 1. The van der Waals surface area contributed by atoms with E-state index in [-0.39, 0.29) is 5.92 Å². The molecule has 92 valence electrons. The molecule has 0 spiro atoms. The summed E-state index contributed by atoms with van der Waals surface area (Å²) in [6.45, 7) is 2.20. The molecule has 17 heavy (non-hydrogen) atoms. The first-order valence-electron chi connectivity index (χ1n) is 6.25. The van der Waals surface area contributed by atoms with Crippen molar-refractivity contribution in [3.8, 4) is 0 Å². The summed E-state index contributed by atoms with van der Waals surface area (Å²) in [4.78, 5) is 10.7. The second kappa shape index (κ2) is 5.21. The van der Waals surface area contributed by atoms with Crippen molar-refractivity contribution < 1.29 is 9.90 Å². The molecule has 0 saturated carbocycles. The third-order valence-electron chi connectivity index (χ3n) is 3.38. The Bertz CT molecular complexity index is 415. The van der Waals surface area contributed by atoms with E-state index in [1.165, 1.54) is 30.4 Å². The summed E-state index contributed by atoms with van der Waals surface area (Å²) in [5.74, 6) is -1.11. The molecular formula is C14H19NO2. The van der Waals surface area contributed by atoms with Crippen LogP contribution in [0.4, 0.5) is 5.69 Å². The zero-order valence-corrected chi connectivity index (χ0v) is 10.2. The van der Waals surface area contributed by atoms with Crippen LogP contribution >= 0.6 is 0 Å². The Morgan fingerprint density at radius 2 is 2.06 bits per heavy atom. The van der Waals surface area contributed by atoms with E-state index in [4.69, 9.17) is 5.11 Å².